The van der Waals surface area contributed by atoms with E-state index in [1.807, 2.05) is 30.3 Å². The van der Waals surface area contributed by atoms with Crippen molar-refractivity contribution in [2.45, 2.75) is 78.1 Å². The number of ketones is 1. The van der Waals surface area contributed by atoms with Gasteiger partial charge in [0.15, 0.2) is 5.13 Å². The number of Topliss-reactive ketones (excluding diaryl/α,β-unsaturated/α-hetero) is 1. The number of benzene rings is 1. The lowest BCUT2D eigenvalue weighted by atomic mass is 9.46. The van der Waals surface area contributed by atoms with E-state index in [0.29, 0.717) is 29.5 Å². The van der Waals surface area contributed by atoms with Crippen molar-refractivity contribution in [1.82, 2.24) is 4.98 Å². The van der Waals surface area contributed by atoms with E-state index in [0.717, 1.165) is 36.5 Å². The lowest BCUT2D eigenvalue weighted by Crippen LogP contribution is -2.52. The van der Waals surface area contributed by atoms with E-state index in [-0.39, 0.29) is 16.7 Å². The Balaban J connectivity index is 1.34. The lowest BCUT2D eigenvalue weighted by Gasteiger charge is -2.59. The van der Waals surface area contributed by atoms with Crippen LogP contribution >= 0.6 is 11.3 Å². The number of para-hydroxylation sites is 1. The molecule has 1 unspecified atom stereocenters. The second-order valence-corrected chi connectivity index (χ2v) is 12.4. The number of amides is 1. The summed E-state index contributed by atoms with van der Waals surface area (Å²) in [6.07, 6.45) is 8.79. The molecule has 33 heavy (non-hydrogen) atoms. The topological polar surface area (TPSA) is 50.3 Å². The summed E-state index contributed by atoms with van der Waals surface area (Å²) >= 11 is 1.75. The van der Waals surface area contributed by atoms with Crippen molar-refractivity contribution in [3.63, 3.8) is 0 Å². The Morgan fingerprint density at radius 2 is 1.82 bits per heavy atom. The molecule has 1 aromatic carbocycles. The number of hydrogen-bond acceptors (Lipinski definition) is 4. The van der Waals surface area contributed by atoms with Gasteiger partial charge in [-0.3, -0.25) is 14.5 Å². The minimum atomic E-state index is -0.0560. The fraction of sp³-hybridized carbons (Fsp3) is 0.607. The van der Waals surface area contributed by atoms with Gasteiger partial charge < -0.3 is 0 Å². The highest BCUT2D eigenvalue weighted by molar-refractivity contribution is 7.16. The van der Waals surface area contributed by atoms with Crippen LogP contribution in [0.15, 0.2) is 30.3 Å². The molecule has 6 rings (SSSR count). The van der Waals surface area contributed by atoms with Gasteiger partial charge in [-0.1, -0.05) is 32.0 Å². The Kier molecular flexibility index (Phi) is 4.89. The first-order valence-electron chi connectivity index (χ1n) is 12.7. The van der Waals surface area contributed by atoms with Crippen LogP contribution in [0.2, 0.25) is 0 Å². The molecule has 0 aliphatic heterocycles. The second-order valence-electron chi connectivity index (χ2n) is 11.4. The monoisotopic (exact) mass is 462 g/mol. The Labute approximate surface area is 200 Å². The van der Waals surface area contributed by atoms with Gasteiger partial charge in [0, 0.05) is 29.6 Å². The summed E-state index contributed by atoms with van der Waals surface area (Å²) < 4.78 is 0. The molecule has 5 heteroatoms. The molecule has 0 N–H and O–H groups in total. The van der Waals surface area contributed by atoms with Crippen molar-refractivity contribution in [2.24, 2.45) is 28.6 Å². The van der Waals surface area contributed by atoms with Crippen LogP contribution in [0.4, 0.5) is 10.8 Å². The van der Waals surface area contributed by atoms with E-state index in [1.54, 1.807) is 23.2 Å². The first-order valence-corrected chi connectivity index (χ1v) is 13.5. The van der Waals surface area contributed by atoms with Crippen LogP contribution in [-0.2, 0) is 16.0 Å². The van der Waals surface area contributed by atoms with Crippen LogP contribution in [0, 0.1) is 28.6 Å². The van der Waals surface area contributed by atoms with Gasteiger partial charge in [-0.25, -0.2) is 4.98 Å². The van der Waals surface area contributed by atoms with E-state index in [1.165, 1.54) is 36.3 Å². The molecule has 0 spiro atoms. The number of carbonyl (C=O) groups is 2. The summed E-state index contributed by atoms with van der Waals surface area (Å²) in [6.45, 7) is 6.44. The minimum absolute atomic E-state index is 0.0104. The number of aryl methyl sites for hydroxylation is 1. The maximum absolute atomic E-state index is 12.7. The van der Waals surface area contributed by atoms with Gasteiger partial charge in [0.2, 0.25) is 5.91 Å². The van der Waals surface area contributed by atoms with Gasteiger partial charge in [-0.15, -0.1) is 11.3 Å². The molecule has 1 heterocycles. The van der Waals surface area contributed by atoms with Crippen LogP contribution < -0.4 is 4.90 Å². The van der Waals surface area contributed by atoms with Crippen molar-refractivity contribution in [2.75, 3.05) is 4.90 Å². The average molecular weight is 463 g/mol. The fourth-order valence-corrected chi connectivity index (χ4v) is 9.78. The molecule has 2 aromatic rings. The molecule has 4 aliphatic rings. The van der Waals surface area contributed by atoms with Crippen LogP contribution in [0.3, 0.4) is 0 Å². The molecule has 3 fully saturated rings. The number of nitrogens with zero attached hydrogens (tertiary/aromatic N) is 2. The van der Waals surface area contributed by atoms with E-state index in [9.17, 15) is 9.59 Å². The molecule has 0 radical (unpaired) electrons. The molecule has 0 saturated heterocycles. The minimum Gasteiger partial charge on any atom is -0.299 e. The number of anilines is 2. The van der Waals surface area contributed by atoms with Crippen LogP contribution in [0.1, 0.15) is 82.2 Å². The van der Waals surface area contributed by atoms with E-state index >= 15 is 0 Å². The van der Waals surface area contributed by atoms with E-state index in [4.69, 9.17) is 4.98 Å². The summed E-state index contributed by atoms with van der Waals surface area (Å²) in [7, 11) is 0. The van der Waals surface area contributed by atoms with Crippen molar-refractivity contribution in [1.29, 1.82) is 0 Å². The molecule has 174 valence electrons. The van der Waals surface area contributed by atoms with Gasteiger partial charge in [-0.2, -0.15) is 0 Å². The fourth-order valence-electron chi connectivity index (χ4n) is 8.31. The van der Waals surface area contributed by atoms with Crippen LogP contribution in [-0.4, -0.2) is 16.7 Å². The zero-order valence-electron chi connectivity index (χ0n) is 20.0. The number of thiazole rings is 1. The van der Waals surface area contributed by atoms with Gasteiger partial charge >= 0.3 is 0 Å². The smallest absolute Gasteiger partial charge is 0.230 e. The molecule has 6 atom stereocenters. The van der Waals surface area contributed by atoms with Gasteiger partial charge in [0.1, 0.15) is 5.78 Å². The normalized spacial score (nSPS) is 37.0. The van der Waals surface area contributed by atoms with Crippen LogP contribution in [0.25, 0.3) is 0 Å². The van der Waals surface area contributed by atoms with E-state index < -0.39 is 0 Å². The quantitative estimate of drug-likeness (QED) is 0.501. The predicted octanol–water partition coefficient (Wildman–Crippen LogP) is 6.67. The highest BCUT2D eigenvalue weighted by Gasteiger charge is 2.60. The van der Waals surface area contributed by atoms with Crippen molar-refractivity contribution < 1.29 is 9.59 Å². The molecule has 0 bridgehead atoms. The summed E-state index contributed by atoms with van der Waals surface area (Å²) in [4.78, 5) is 33.6. The largest absolute Gasteiger partial charge is 0.299 e. The summed E-state index contributed by atoms with van der Waals surface area (Å²) in [6, 6.07) is 9.90. The Hall–Kier alpha value is -2.01. The molecule has 1 aromatic heterocycles. The maximum atomic E-state index is 12.7. The zero-order valence-corrected chi connectivity index (χ0v) is 20.8. The van der Waals surface area contributed by atoms with Crippen molar-refractivity contribution >= 4 is 33.8 Å². The third-order valence-corrected chi connectivity index (χ3v) is 11.2. The number of carbonyl (C=O) groups excluding carboxylic acids is 2. The Bertz CT molecular complexity index is 1110. The highest BCUT2D eigenvalue weighted by atomic mass is 32.1. The molecule has 4 aliphatic carbocycles. The Morgan fingerprint density at radius 1 is 1.03 bits per heavy atom. The SMILES string of the molecule is CC(=O)N(c1ccccc1)c1nc2c(s1)C1CC[C@@H]3[C@H](CC[C@]4(C)C(=O)CC[C@@H]34)[C@@]1(C)CC2. The van der Waals surface area contributed by atoms with Gasteiger partial charge in [0.25, 0.3) is 0 Å². The zero-order chi connectivity index (χ0) is 23.0. The van der Waals surface area contributed by atoms with Crippen LogP contribution in [0.5, 0.6) is 0 Å². The second kappa shape index (κ2) is 7.49. The van der Waals surface area contributed by atoms with Gasteiger partial charge in [0.05, 0.1) is 11.4 Å². The first kappa shape index (κ1) is 21.5. The third kappa shape index (κ3) is 3.03. The lowest BCUT2D eigenvalue weighted by molar-refractivity contribution is -0.134. The molecular formula is C28H34N2O2S. The summed E-state index contributed by atoms with van der Waals surface area (Å²) in [5.74, 6) is 3.06. The number of aromatic nitrogens is 1. The molecule has 3 saturated carbocycles. The predicted molar refractivity (Wildman–Crippen MR) is 132 cm³/mol. The van der Waals surface area contributed by atoms with Gasteiger partial charge in [-0.05, 0) is 80.2 Å². The number of fused-ring (bicyclic) bond motifs is 7. The first-order chi connectivity index (χ1) is 15.8. The third-order valence-electron chi connectivity index (χ3n) is 10.0. The number of hydrogen-bond donors (Lipinski definition) is 0. The highest BCUT2D eigenvalue weighted by Crippen LogP contribution is 2.67. The molecular weight excluding hydrogens is 428 g/mol. The standard InChI is InChI=1S/C28H34N2O2S/c1-17(31)30(18-7-5-4-6-8-18)26-29-23-14-16-27(2)21-13-15-28(3)20(11-12-24(28)32)19(21)9-10-22(27)25(23)33-26/h4-8,19-22H,9-16H2,1-3H3/t19-,20-,21-,22?,27+,28-/m0/s1. The van der Waals surface area contributed by atoms with E-state index in [2.05, 4.69) is 13.8 Å². The average Bonchev–Trinajstić information content (AvgIpc) is 3.35. The summed E-state index contributed by atoms with van der Waals surface area (Å²) in [5.41, 5.74) is 2.33. The molecule has 1 amide bonds. The Morgan fingerprint density at radius 3 is 2.58 bits per heavy atom. The van der Waals surface area contributed by atoms with Crippen molar-refractivity contribution in [3.8, 4) is 0 Å². The van der Waals surface area contributed by atoms with Crippen molar-refractivity contribution in [3.05, 3.63) is 40.9 Å². The number of rotatable bonds is 2. The molecule has 4 nitrogen and oxygen atoms in total. The summed E-state index contributed by atoms with van der Waals surface area (Å²) in [5, 5.41) is 0.822. The maximum Gasteiger partial charge on any atom is 0.230 e.